The van der Waals surface area contributed by atoms with Crippen molar-refractivity contribution in [2.45, 2.75) is 13.8 Å². The first-order chi connectivity index (χ1) is 8.09. The lowest BCUT2D eigenvalue weighted by atomic mass is 10.1. The van der Waals surface area contributed by atoms with Gasteiger partial charge in [-0.2, -0.15) is 0 Å². The third-order valence-electron chi connectivity index (χ3n) is 2.03. The minimum Gasteiger partial charge on any atom is -0.477 e. The second-order valence-electron chi connectivity index (χ2n) is 3.59. The average Bonchev–Trinajstić information content (AvgIpc) is 2.28. The second-order valence-corrected chi connectivity index (χ2v) is 3.59. The van der Waals surface area contributed by atoms with Crippen LogP contribution in [-0.4, -0.2) is 23.4 Å². The summed E-state index contributed by atoms with van der Waals surface area (Å²) >= 11 is 0. The van der Waals surface area contributed by atoms with E-state index in [0.29, 0.717) is 0 Å². The molecule has 0 aromatic heterocycles. The molecule has 0 aliphatic rings. The third kappa shape index (κ3) is 4.97. The molecule has 0 aliphatic carbocycles. The van der Waals surface area contributed by atoms with Crippen molar-refractivity contribution in [2.75, 3.05) is 6.61 Å². The number of oxime groups is 1. The number of aliphatic carboxylic acids is 1. The fourth-order valence-electron chi connectivity index (χ4n) is 1.17. The summed E-state index contributed by atoms with van der Waals surface area (Å²) < 4.78 is 0. The highest BCUT2D eigenvalue weighted by Crippen LogP contribution is 2.05. The van der Waals surface area contributed by atoms with Gasteiger partial charge in [0.15, 0.2) is 5.71 Å². The normalized spacial score (nSPS) is 11.8. The van der Waals surface area contributed by atoms with Crippen LogP contribution in [0.5, 0.6) is 0 Å². The van der Waals surface area contributed by atoms with Gasteiger partial charge in [-0.05, 0) is 25.5 Å². The molecule has 0 saturated heterocycles. The van der Waals surface area contributed by atoms with Crippen LogP contribution in [0.2, 0.25) is 0 Å². The topological polar surface area (TPSA) is 58.9 Å². The van der Waals surface area contributed by atoms with Crippen molar-refractivity contribution in [1.29, 1.82) is 0 Å². The van der Waals surface area contributed by atoms with Crippen molar-refractivity contribution in [3.05, 3.63) is 41.5 Å². The number of hydrogen-bond acceptors (Lipinski definition) is 3. The molecule has 1 rings (SSSR count). The van der Waals surface area contributed by atoms with Crippen LogP contribution in [0.1, 0.15) is 18.1 Å². The summed E-state index contributed by atoms with van der Waals surface area (Å²) in [5.74, 6) is -1.08. The van der Waals surface area contributed by atoms with E-state index < -0.39 is 5.97 Å². The van der Waals surface area contributed by atoms with E-state index in [1.54, 1.807) is 6.08 Å². The quantitative estimate of drug-likeness (QED) is 0.483. The van der Waals surface area contributed by atoms with Crippen molar-refractivity contribution >= 4 is 17.8 Å². The van der Waals surface area contributed by atoms with Gasteiger partial charge < -0.3 is 9.94 Å². The molecule has 0 radical (unpaired) electrons. The van der Waals surface area contributed by atoms with Crippen LogP contribution in [0.15, 0.2) is 35.5 Å². The molecular formula is C13H15NO3. The SMILES string of the molecule is C/C(=N/OC/C=C/c1cccc(C)c1)C(=O)O. The van der Waals surface area contributed by atoms with E-state index in [1.165, 1.54) is 12.5 Å². The van der Waals surface area contributed by atoms with Gasteiger partial charge in [0.1, 0.15) is 6.61 Å². The van der Waals surface area contributed by atoms with E-state index in [9.17, 15) is 4.79 Å². The zero-order valence-electron chi connectivity index (χ0n) is 9.88. The Morgan fingerprint density at radius 3 is 2.94 bits per heavy atom. The molecule has 0 unspecified atom stereocenters. The van der Waals surface area contributed by atoms with Crippen LogP contribution in [0.25, 0.3) is 6.08 Å². The molecule has 17 heavy (non-hydrogen) atoms. The molecule has 0 atom stereocenters. The van der Waals surface area contributed by atoms with Gasteiger partial charge in [0, 0.05) is 0 Å². The zero-order chi connectivity index (χ0) is 12.7. The Balaban J connectivity index is 2.41. The molecule has 4 nitrogen and oxygen atoms in total. The molecule has 4 heteroatoms. The van der Waals surface area contributed by atoms with Crippen LogP contribution >= 0.6 is 0 Å². The minimum absolute atomic E-state index is 0.0612. The Hall–Kier alpha value is -2.10. The molecule has 0 heterocycles. The molecule has 0 bridgehead atoms. The second kappa shape index (κ2) is 6.48. The maximum absolute atomic E-state index is 10.4. The van der Waals surface area contributed by atoms with Crippen molar-refractivity contribution < 1.29 is 14.7 Å². The highest BCUT2D eigenvalue weighted by Gasteiger charge is 2.00. The van der Waals surface area contributed by atoms with Crippen LogP contribution < -0.4 is 0 Å². The van der Waals surface area contributed by atoms with Gasteiger partial charge in [0.05, 0.1) is 0 Å². The highest BCUT2D eigenvalue weighted by atomic mass is 16.6. The van der Waals surface area contributed by atoms with E-state index in [0.717, 1.165) is 5.56 Å². The Morgan fingerprint density at radius 2 is 2.29 bits per heavy atom. The standard InChI is InChI=1S/C13H15NO3/c1-10-5-3-6-12(9-10)7-4-8-17-14-11(2)13(15)16/h3-7,9H,8H2,1-2H3,(H,15,16)/b7-4+,14-11-. The van der Waals surface area contributed by atoms with Crippen molar-refractivity contribution in [3.63, 3.8) is 0 Å². The largest absolute Gasteiger partial charge is 0.477 e. The van der Waals surface area contributed by atoms with E-state index in [-0.39, 0.29) is 12.3 Å². The lowest BCUT2D eigenvalue weighted by molar-refractivity contribution is -0.129. The number of carboxylic acid groups (broad SMARTS) is 1. The predicted molar refractivity (Wildman–Crippen MR) is 66.9 cm³/mol. The summed E-state index contributed by atoms with van der Waals surface area (Å²) in [5.41, 5.74) is 2.20. The maximum Gasteiger partial charge on any atom is 0.353 e. The maximum atomic E-state index is 10.4. The van der Waals surface area contributed by atoms with Gasteiger partial charge in [-0.1, -0.05) is 41.1 Å². The number of nitrogens with zero attached hydrogens (tertiary/aromatic N) is 1. The van der Waals surface area contributed by atoms with Gasteiger partial charge in [-0.15, -0.1) is 0 Å². The Bertz CT molecular complexity index is 450. The lowest BCUT2D eigenvalue weighted by Crippen LogP contribution is -2.08. The summed E-state index contributed by atoms with van der Waals surface area (Å²) in [6, 6.07) is 8.02. The molecule has 1 aromatic carbocycles. The molecule has 0 spiro atoms. The highest BCUT2D eigenvalue weighted by molar-refractivity contribution is 6.34. The van der Waals surface area contributed by atoms with Crippen molar-refractivity contribution in [1.82, 2.24) is 0 Å². The number of hydrogen-bond donors (Lipinski definition) is 1. The molecular weight excluding hydrogens is 218 g/mol. The smallest absolute Gasteiger partial charge is 0.353 e. The fraction of sp³-hybridized carbons (Fsp3) is 0.231. The fourth-order valence-corrected chi connectivity index (χ4v) is 1.17. The predicted octanol–water partition coefficient (Wildman–Crippen LogP) is 2.49. The number of benzene rings is 1. The summed E-state index contributed by atoms with van der Waals surface area (Å²) in [7, 11) is 0. The molecule has 0 amide bonds. The van der Waals surface area contributed by atoms with E-state index in [2.05, 4.69) is 5.16 Å². The van der Waals surface area contributed by atoms with Gasteiger partial charge in [-0.25, -0.2) is 4.79 Å². The summed E-state index contributed by atoms with van der Waals surface area (Å²) in [6.45, 7) is 3.65. The molecule has 1 N–H and O–H groups in total. The summed E-state index contributed by atoms with van der Waals surface area (Å²) in [5, 5.41) is 12.0. The third-order valence-corrected chi connectivity index (χ3v) is 2.03. The molecule has 0 saturated carbocycles. The van der Waals surface area contributed by atoms with Crippen LogP contribution in [-0.2, 0) is 9.63 Å². The van der Waals surface area contributed by atoms with Crippen LogP contribution in [0, 0.1) is 6.92 Å². The van der Waals surface area contributed by atoms with Crippen LogP contribution in [0.4, 0.5) is 0 Å². The lowest BCUT2D eigenvalue weighted by Gasteiger charge is -1.96. The number of aryl methyl sites for hydroxylation is 1. The molecule has 0 fully saturated rings. The zero-order valence-corrected chi connectivity index (χ0v) is 9.88. The summed E-state index contributed by atoms with van der Waals surface area (Å²) in [4.78, 5) is 15.2. The number of rotatable bonds is 5. The summed E-state index contributed by atoms with van der Waals surface area (Å²) in [6.07, 6.45) is 3.69. The van der Waals surface area contributed by atoms with E-state index in [1.807, 2.05) is 37.3 Å². The minimum atomic E-state index is -1.08. The van der Waals surface area contributed by atoms with Gasteiger partial charge in [0.2, 0.25) is 0 Å². The van der Waals surface area contributed by atoms with Crippen molar-refractivity contribution in [2.24, 2.45) is 5.16 Å². The van der Waals surface area contributed by atoms with Crippen molar-refractivity contribution in [3.8, 4) is 0 Å². The first-order valence-corrected chi connectivity index (χ1v) is 5.22. The first kappa shape index (κ1) is 13.0. The van der Waals surface area contributed by atoms with Gasteiger partial charge >= 0.3 is 5.97 Å². The molecule has 0 aliphatic heterocycles. The molecule has 1 aromatic rings. The van der Waals surface area contributed by atoms with E-state index in [4.69, 9.17) is 9.94 Å². The Labute approximate surface area is 100 Å². The molecule has 90 valence electrons. The Kier molecular flexibility index (Phi) is 4.94. The average molecular weight is 233 g/mol. The first-order valence-electron chi connectivity index (χ1n) is 5.22. The van der Waals surface area contributed by atoms with Crippen LogP contribution in [0.3, 0.4) is 0 Å². The number of carboxylic acids is 1. The number of carbonyl (C=O) groups is 1. The van der Waals surface area contributed by atoms with E-state index >= 15 is 0 Å². The van der Waals surface area contributed by atoms with Gasteiger partial charge in [-0.3, -0.25) is 0 Å². The Morgan fingerprint density at radius 1 is 1.53 bits per heavy atom. The van der Waals surface area contributed by atoms with Gasteiger partial charge in [0.25, 0.3) is 0 Å². The monoisotopic (exact) mass is 233 g/mol.